The number of likely N-dealkylation sites (tertiary alicyclic amines) is 1. The zero-order valence-corrected chi connectivity index (χ0v) is 23.3. The molecule has 0 N–H and O–H groups in total. The van der Waals surface area contributed by atoms with E-state index >= 15 is 0 Å². The number of halogens is 1. The number of aromatic nitrogens is 1. The van der Waals surface area contributed by atoms with E-state index in [9.17, 15) is 19.7 Å². The highest BCUT2D eigenvalue weighted by Gasteiger charge is 2.52. The first-order valence-corrected chi connectivity index (χ1v) is 13.9. The first-order chi connectivity index (χ1) is 20.3. The van der Waals surface area contributed by atoms with E-state index < -0.39 is 47.9 Å². The summed E-state index contributed by atoms with van der Waals surface area (Å²) in [4.78, 5) is 46.5. The smallest absolute Gasteiger partial charge is 0.441 e. The van der Waals surface area contributed by atoms with Crippen molar-refractivity contribution < 1.29 is 47.9 Å². The summed E-state index contributed by atoms with van der Waals surface area (Å²) < 4.78 is 34.4. The second kappa shape index (κ2) is 11.9. The molecule has 1 amide bonds. The van der Waals surface area contributed by atoms with Crippen molar-refractivity contribution >= 4 is 23.8 Å². The molecule has 14 nitrogen and oxygen atoms in total. The van der Waals surface area contributed by atoms with Crippen LogP contribution in [0.2, 0.25) is 5.02 Å². The van der Waals surface area contributed by atoms with Gasteiger partial charge in [0.25, 0.3) is 5.09 Å². The molecule has 42 heavy (non-hydrogen) atoms. The zero-order chi connectivity index (χ0) is 29.4. The molecular formula is C27H28ClN3O11. The van der Waals surface area contributed by atoms with Gasteiger partial charge in [0, 0.05) is 35.4 Å². The highest BCUT2D eigenvalue weighted by Crippen LogP contribution is 2.41. The first kappa shape index (κ1) is 28.4. The Morgan fingerprint density at radius 1 is 1.05 bits per heavy atom. The number of benzene rings is 1. The highest BCUT2D eigenvalue weighted by molar-refractivity contribution is 6.30. The molecule has 4 aliphatic rings. The minimum absolute atomic E-state index is 0.0357. The number of nitrogens with zero attached hydrogens (tertiary/aromatic N) is 3. The van der Waals surface area contributed by atoms with Crippen molar-refractivity contribution in [3.8, 4) is 5.75 Å². The predicted octanol–water partition coefficient (Wildman–Crippen LogP) is 3.52. The second-order valence-corrected chi connectivity index (χ2v) is 10.8. The lowest BCUT2D eigenvalue weighted by Gasteiger charge is -2.31. The number of fused-ring (bicyclic) bond motifs is 2. The molecule has 5 atom stereocenters. The standard InChI is InChI=1S/C27H28ClN3O11/c1-14-22(19-11-36-23(18(19)10-29-14)15-2-4-16(28)5-3-15)41-27(33)40-21-13-38-24-20(12-37-25(21)24)39-26(32)30-8-6-17(7-9-30)42-31(34)35/h2-5,10,17,20-21,23-25H,6-9,11-13H2,1H3/t20?,21-,23?,24?,25+/m1/s1. The molecule has 3 unspecified atom stereocenters. The van der Waals surface area contributed by atoms with E-state index in [-0.39, 0.29) is 44.8 Å². The van der Waals surface area contributed by atoms with Crippen LogP contribution in [0.1, 0.15) is 41.3 Å². The van der Waals surface area contributed by atoms with E-state index in [0.29, 0.717) is 29.1 Å². The Hall–Kier alpha value is -3.72. The van der Waals surface area contributed by atoms with Gasteiger partial charge in [0.15, 0.2) is 18.0 Å². The van der Waals surface area contributed by atoms with Gasteiger partial charge in [0.2, 0.25) is 0 Å². The molecule has 0 bridgehead atoms. The van der Waals surface area contributed by atoms with Gasteiger partial charge in [-0.1, -0.05) is 23.7 Å². The summed E-state index contributed by atoms with van der Waals surface area (Å²) >= 11 is 6.02. The maximum absolute atomic E-state index is 12.9. The van der Waals surface area contributed by atoms with Gasteiger partial charge in [-0.05, 0) is 37.5 Å². The number of aryl methyl sites for hydroxylation is 1. The van der Waals surface area contributed by atoms with Gasteiger partial charge in [0.05, 0.1) is 25.5 Å². The Morgan fingerprint density at radius 2 is 1.71 bits per heavy atom. The quantitative estimate of drug-likeness (QED) is 0.268. The number of rotatable bonds is 6. The number of hydrogen-bond donors (Lipinski definition) is 0. The molecule has 1 aromatic heterocycles. The fourth-order valence-electron chi connectivity index (χ4n) is 5.66. The van der Waals surface area contributed by atoms with Crippen molar-refractivity contribution in [3.63, 3.8) is 0 Å². The summed E-state index contributed by atoms with van der Waals surface area (Å²) in [6, 6.07) is 7.30. The van der Waals surface area contributed by atoms with Crippen LogP contribution in [0.3, 0.4) is 0 Å². The van der Waals surface area contributed by atoms with Crippen LogP contribution in [-0.4, -0.2) is 84.0 Å². The lowest BCUT2D eigenvalue weighted by atomic mass is 10.0. The predicted molar refractivity (Wildman–Crippen MR) is 140 cm³/mol. The molecule has 5 heterocycles. The number of pyridine rings is 1. The summed E-state index contributed by atoms with van der Waals surface area (Å²) in [7, 11) is 0. The summed E-state index contributed by atoms with van der Waals surface area (Å²) in [5.74, 6) is 0.274. The largest absolute Gasteiger partial charge is 0.514 e. The van der Waals surface area contributed by atoms with E-state index in [2.05, 4.69) is 9.82 Å². The van der Waals surface area contributed by atoms with Gasteiger partial charge in [-0.25, -0.2) is 9.59 Å². The number of amides is 1. The maximum atomic E-state index is 12.9. The molecule has 3 fully saturated rings. The fourth-order valence-corrected chi connectivity index (χ4v) is 5.79. The molecule has 4 aliphatic heterocycles. The van der Waals surface area contributed by atoms with Crippen LogP contribution >= 0.6 is 11.6 Å². The van der Waals surface area contributed by atoms with Gasteiger partial charge < -0.3 is 38.2 Å². The summed E-state index contributed by atoms with van der Waals surface area (Å²) in [6.45, 7) is 2.58. The first-order valence-electron chi connectivity index (χ1n) is 13.5. The van der Waals surface area contributed by atoms with Gasteiger partial charge in [0.1, 0.15) is 24.4 Å². The van der Waals surface area contributed by atoms with Gasteiger partial charge in [-0.2, -0.15) is 0 Å². The zero-order valence-electron chi connectivity index (χ0n) is 22.5. The van der Waals surface area contributed by atoms with Crippen molar-refractivity contribution in [1.29, 1.82) is 0 Å². The normalized spacial score (nSPS) is 26.8. The molecule has 1 aromatic carbocycles. The Bertz CT molecular complexity index is 1350. The van der Waals surface area contributed by atoms with Crippen LogP contribution < -0.4 is 4.74 Å². The summed E-state index contributed by atoms with van der Waals surface area (Å²) in [5, 5.41) is 10.3. The summed E-state index contributed by atoms with van der Waals surface area (Å²) in [6.07, 6.45) is -2.83. The number of carbonyl (C=O) groups excluding carboxylic acids is 2. The van der Waals surface area contributed by atoms with E-state index in [4.69, 9.17) is 40.0 Å². The van der Waals surface area contributed by atoms with Crippen LogP contribution in [0.4, 0.5) is 9.59 Å². The third-order valence-corrected chi connectivity index (χ3v) is 8.03. The lowest BCUT2D eigenvalue weighted by molar-refractivity contribution is -0.769. The molecule has 6 rings (SSSR count). The number of ether oxygens (including phenoxy) is 6. The molecule has 15 heteroatoms. The van der Waals surface area contributed by atoms with Crippen LogP contribution in [0.15, 0.2) is 30.5 Å². The van der Waals surface area contributed by atoms with E-state index in [1.165, 1.54) is 4.90 Å². The van der Waals surface area contributed by atoms with Crippen LogP contribution in [-0.2, 0) is 35.1 Å². The van der Waals surface area contributed by atoms with E-state index in [0.717, 1.165) is 11.1 Å². The number of hydrogen-bond acceptors (Lipinski definition) is 12. The van der Waals surface area contributed by atoms with Crippen molar-refractivity contribution in [1.82, 2.24) is 9.88 Å². The van der Waals surface area contributed by atoms with Crippen LogP contribution in [0.25, 0.3) is 0 Å². The number of piperidine rings is 1. The molecular weight excluding hydrogens is 578 g/mol. The van der Waals surface area contributed by atoms with Crippen molar-refractivity contribution in [3.05, 3.63) is 68.0 Å². The van der Waals surface area contributed by atoms with Crippen molar-refractivity contribution in [2.45, 2.75) is 63.0 Å². The summed E-state index contributed by atoms with van der Waals surface area (Å²) in [5.41, 5.74) is 2.89. The Labute approximate surface area is 244 Å². The maximum Gasteiger partial charge on any atom is 0.514 e. The van der Waals surface area contributed by atoms with Crippen LogP contribution in [0.5, 0.6) is 5.75 Å². The fraction of sp³-hybridized carbons (Fsp3) is 0.519. The molecule has 0 spiro atoms. The third kappa shape index (κ3) is 5.79. The van der Waals surface area contributed by atoms with E-state index in [1.807, 2.05) is 12.1 Å². The average molecular weight is 606 g/mol. The Kier molecular flexibility index (Phi) is 8.03. The highest BCUT2D eigenvalue weighted by atomic mass is 35.5. The van der Waals surface area contributed by atoms with Crippen LogP contribution in [0, 0.1) is 17.0 Å². The van der Waals surface area contributed by atoms with Gasteiger partial charge >= 0.3 is 12.2 Å². The second-order valence-electron chi connectivity index (χ2n) is 10.4. The molecule has 3 saturated heterocycles. The van der Waals surface area contributed by atoms with Crippen molar-refractivity contribution in [2.75, 3.05) is 26.3 Å². The molecule has 2 aromatic rings. The molecule has 0 aliphatic carbocycles. The molecule has 0 radical (unpaired) electrons. The Balaban J connectivity index is 1.03. The monoisotopic (exact) mass is 605 g/mol. The number of carbonyl (C=O) groups is 2. The minimum atomic E-state index is -0.943. The van der Waals surface area contributed by atoms with Gasteiger partial charge in [-0.3, -0.25) is 4.98 Å². The SMILES string of the molecule is Cc1ncc2c(c1OC(=O)O[C@@H]1COC3C(OC(=O)N4CCC(O[N+](=O)[O-])CC4)CO[C@H]31)COC2c1ccc(Cl)cc1. The Morgan fingerprint density at radius 3 is 2.38 bits per heavy atom. The van der Waals surface area contributed by atoms with Crippen molar-refractivity contribution in [2.24, 2.45) is 0 Å². The molecule has 0 saturated carbocycles. The minimum Gasteiger partial charge on any atom is -0.441 e. The average Bonchev–Trinajstić information content (AvgIpc) is 3.68. The lowest BCUT2D eigenvalue weighted by Crippen LogP contribution is -2.44. The van der Waals surface area contributed by atoms with E-state index in [1.54, 1.807) is 25.3 Å². The molecule has 224 valence electrons. The topological polar surface area (TPSA) is 158 Å². The van der Waals surface area contributed by atoms with Gasteiger partial charge in [-0.15, -0.1) is 10.1 Å². The third-order valence-electron chi connectivity index (χ3n) is 7.78.